The first-order chi connectivity index (χ1) is 15.3. The number of nitrogens with zero attached hydrogens (tertiary/aromatic N) is 2. The van der Waals surface area contributed by atoms with E-state index in [2.05, 4.69) is 43.2 Å². The summed E-state index contributed by atoms with van der Waals surface area (Å²) in [5, 5.41) is 3.44. The number of hydrogen-bond donors (Lipinski definition) is 1. The first-order valence-corrected chi connectivity index (χ1v) is 10.8. The second-order valence-electron chi connectivity index (χ2n) is 8.05. The van der Waals surface area contributed by atoms with Crippen LogP contribution in [-0.4, -0.2) is 36.2 Å². The molecular weight excluding hydrogens is 406 g/mol. The lowest BCUT2D eigenvalue weighted by atomic mass is 9.97. The highest BCUT2D eigenvalue weighted by Crippen LogP contribution is 2.29. The lowest BCUT2D eigenvalue weighted by Crippen LogP contribution is -2.27. The van der Waals surface area contributed by atoms with Gasteiger partial charge in [-0.1, -0.05) is 17.7 Å². The summed E-state index contributed by atoms with van der Waals surface area (Å²) in [4.78, 5) is 29.4. The third-order valence-corrected chi connectivity index (χ3v) is 5.67. The summed E-state index contributed by atoms with van der Waals surface area (Å²) in [6, 6.07) is 7.67. The molecule has 1 aromatic heterocycles. The maximum absolute atomic E-state index is 12.8. The molecule has 2 aromatic carbocycles. The zero-order chi connectivity index (χ0) is 23.3. The van der Waals surface area contributed by atoms with Gasteiger partial charge in [-0.15, -0.1) is 0 Å². The van der Waals surface area contributed by atoms with Crippen LogP contribution in [0.4, 0.5) is 0 Å². The summed E-state index contributed by atoms with van der Waals surface area (Å²) < 4.78 is 12.1. The molecule has 0 saturated carbocycles. The molecule has 1 heterocycles. The van der Waals surface area contributed by atoms with Crippen molar-refractivity contribution in [2.45, 2.75) is 46.6 Å². The molecule has 0 saturated heterocycles. The minimum absolute atomic E-state index is 0.0133. The molecule has 0 radical (unpaired) electrons. The van der Waals surface area contributed by atoms with E-state index in [1.165, 1.54) is 40.3 Å². The fourth-order valence-corrected chi connectivity index (χ4v) is 4.07. The first kappa shape index (κ1) is 23.3. The van der Waals surface area contributed by atoms with E-state index >= 15 is 0 Å². The van der Waals surface area contributed by atoms with Gasteiger partial charge in [0.25, 0.3) is 5.56 Å². The van der Waals surface area contributed by atoms with Gasteiger partial charge in [0.2, 0.25) is 5.91 Å². The van der Waals surface area contributed by atoms with E-state index in [0.717, 1.165) is 6.42 Å². The smallest absolute Gasteiger partial charge is 0.261 e. The second-order valence-corrected chi connectivity index (χ2v) is 8.05. The van der Waals surface area contributed by atoms with Gasteiger partial charge in [-0.25, -0.2) is 4.98 Å². The summed E-state index contributed by atoms with van der Waals surface area (Å²) in [6.45, 7) is 7.33. The Morgan fingerprint density at radius 3 is 2.34 bits per heavy atom. The van der Waals surface area contributed by atoms with Crippen LogP contribution in [-0.2, 0) is 17.8 Å². The minimum atomic E-state index is -0.165. The van der Waals surface area contributed by atoms with Crippen LogP contribution in [0.5, 0.6) is 11.5 Å². The van der Waals surface area contributed by atoms with E-state index in [0.29, 0.717) is 48.3 Å². The van der Waals surface area contributed by atoms with Crippen LogP contribution >= 0.6 is 0 Å². The van der Waals surface area contributed by atoms with Gasteiger partial charge in [0.05, 0.1) is 31.4 Å². The van der Waals surface area contributed by atoms with Gasteiger partial charge < -0.3 is 14.8 Å². The zero-order valence-electron chi connectivity index (χ0n) is 19.4. The second kappa shape index (κ2) is 10.3. The van der Waals surface area contributed by atoms with Gasteiger partial charge in [-0.3, -0.25) is 14.2 Å². The van der Waals surface area contributed by atoms with Gasteiger partial charge in [0.1, 0.15) is 0 Å². The highest BCUT2D eigenvalue weighted by Gasteiger charge is 2.11. The number of benzene rings is 2. The number of aromatic nitrogens is 2. The first-order valence-electron chi connectivity index (χ1n) is 10.8. The molecule has 3 aromatic rings. The third kappa shape index (κ3) is 5.28. The van der Waals surface area contributed by atoms with Gasteiger partial charge in [-0.05, 0) is 56.4 Å². The largest absolute Gasteiger partial charge is 0.493 e. The van der Waals surface area contributed by atoms with Crippen LogP contribution in [0.1, 0.15) is 35.1 Å². The molecule has 0 aliphatic carbocycles. The van der Waals surface area contributed by atoms with Gasteiger partial charge in [-0.2, -0.15) is 0 Å². The maximum atomic E-state index is 12.8. The van der Waals surface area contributed by atoms with Gasteiger partial charge in [0, 0.05) is 25.6 Å². The molecule has 0 unspecified atom stereocenters. The van der Waals surface area contributed by atoms with Crippen molar-refractivity contribution in [3.05, 3.63) is 63.2 Å². The summed E-state index contributed by atoms with van der Waals surface area (Å²) in [5.41, 5.74) is 5.44. The summed E-state index contributed by atoms with van der Waals surface area (Å²) >= 11 is 0. The number of ether oxygens (including phenoxy) is 2. The van der Waals surface area contributed by atoms with Gasteiger partial charge >= 0.3 is 0 Å². The lowest BCUT2D eigenvalue weighted by molar-refractivity contribution is -0.121. The third-order valence-electron chi connectivity index (χ3n) is 5.67. The highest BCUT2D eigenvalue weighted by atomic mass is 16.5. The van der Waals surface area contributed by atoms with E-state index < -0.39 is 0 Å². The Bertz CT molecular complexity index is 1160. The SMILES string of the molecule is COc1cc2ncn(CCCC(=O)NCCc3c(C)cc(C)cc3C)c(=O)c2cc1OC. The van der Waals surface area contributed by atoms with Crippen LogP contribution in [0.25, 0.3) is 10.9 Å². The summed E-state index contributed by atoms with van der Waals surface area (Å²) in [5.74, 6) is 0.994. The molecule has 170 valence electrons. The van der Waals surface area contributed by atoms with Crippen molar-refractivity contribution in [3.63, 3.8) is 0 Å². The number of hydrogen-bond acceptors (Lipinski definition) is 5. The Labute approximate surface area is 188 Å². The lowest BCUT2D eigenvalue weighted by Gasteiger charge is -2.12. The van der Waals surface area contributed by atoms with Crippen LogP contribution in [0, 0.1) is 20.8 Å². The molecule has 1 amide bonds. The van der Waals surface area contributed by atoms with Gasteiger partial charge in [0.15, 0.2) is 11.5 Å². The summed E-state index contributed by atoms with van der Waals surface area (Å²) in [6.07, 6.45) is 3.22. The predicted molar refractivity (Wildman–Crippen MR) is 126 cm³/mol. The quantitative estimate of drug-likeness (QED) is 0.554. The van der Waals surface area contributed by atoms with E-state index in [1.54, 1.807) is 19.2 Å². The van der Waals surface area contributed by atoms with E-state index in [-0.39, 0.29) is 11.5 Å². The molecule has 0 fully saturated rings. The van der Waals surface area contributed by atoms with E-state index in [4.69, 9.17) is 9.47 Å². The number of fused-ring (bicyclic) bond motifs is 1. The minimum Gasteiger partial charge on any atom is -0.493 e. The van der Waals surface area contributed by atoms with Crippen LogP contribution in [0.3, 0.4) is 0 Å². The van der Waals surface area contributed by atoms with Crippen molar-refractivity contribution in [3.8, 4) is 11.5 Å². The van der Waals surface area contributed by atoms with Crippen molar-refractivity contribution in [1.29, 1.82) is 0 Å². The number of nitrogens with one attached hydrogen (secondary N) is 1. The highest BCUT2D eigenvalue weighted by molar-refractivity contribution is 5.81. The molecular formula is C25H31N3O4. The number of carbonyl (C=O) groups excluding carboxylic acids is 1. The molecule has 0 spiro atoms. The number of methoxy groups -OCH3 is 2. The average molecular weight is 438 g/mol. The molecule has 0 atom stereocenters. The number of rotatable bonds is 9. The molecule has 32 heavy (non-hydrogen) atoms. The predicted octanol–water partition coefficient (Wildman–Crippen LogP) is 3.48. The topological polar surface area (TPSA) is 82.5 Å². The number of amides is 1. The number of aryl methyl sites for hydroxylation is 4. The van der Waals surface area contributed by atoms with Crippen molar-refractivity contribution in [2.75, 3.05) is 20.8 Å². The Hall–Kier alpha value is -3.35. The Morgan fingerprint density at radius 1 is 1.03 bits per heavy atom. The maximum Gasteiger partial charge on any atom is 0.261 e. The molecule has 0 aliphatic rings. The molecule has 0 aliphatic heterocycles. The monoisotopic (exact) mass is 437 g/mol. The van der Waals surface area contributed by atoms with Crippen molar-refractivity contribution >= 4 is 16.8 Å². The normalized spacial score (nSPS) is 10.9. The molecule has 7 nitrogen and oxygen atoms in total. The fourth-order valence-electron chi connectivity index (χ4n) is 4.07. The van der Waals surface area contributed by atoms with Crippen LogP contribution < -0.4 is 20.3 Å². The van der Waals surface area contributed by atoms with E-state index in [1.807, 2.05) is 0 Å². The molecule has 3 rings (SSSR count). The Kier molecular flexibility index (Phi) is 7.51. The van der Waals surface area contributed by atoms with Crippen LogP contribution in [0.15, 0.2) is 35.4 Å². The van der Waals surface area contributed by atoms with Crippen molar-refractivity contribution < 1.29 is 14.3 Å². The standard InChI is InChI=1S/C25H31N3O4/c1-16-11-17(2)19(18(3)12-16)8-9-26-24(29)7-6-10-28-15-27-21-14-23(32-5)22(31-4)13-20(21)25(28)30/h11-15H,6-10H2,1-5H3,(H,26,29). The van der Waals surface area contributed by atoms with Crippen LogP contribution in [0.2, 0.25) is 0 Å². The molecule has 1 N–H and O–H groups in total. The average Bonchev–Trinajstić information content (AvgIpc) is 2.76. The zero-order valence-corrected chi connectivity index (χ0v) is 19.4. The van der Waals surface area contributed by atoms with E-state index in [9.17, 15) is 9.59 Å². The molecule has 7 heteroatoms. The van der Waals surface area contributed by atoms with Crippen molar-refractivity contribution in [2.24, 2.45) is 0 Å². The Morgan fingerprint density at radius 2 is 1.69 bits per heavy atom. The Balaban J connectivity index is 1.55. The number of carbonyl (C=O) groups is 1. The fraction of sp³-hybridized carbons (Fsp3) is 0.400. The summed E-state index contributed by atoms with van der Waals surface area (Å²) in [7, 11) is 3.07. The van der Waals surface area contributed by atoms with Crippen molar-refractivity contribution in [1.82, 2.24) is 14.9 Å². The molecule has 0 bridgehead atoms.